The Labute approximate surface area is 197 Å². The number of halogens is 1. The fraction of sp³-hybridized carbons (Fsp3) is 0.231. The smallest absolute Gasteiger partial charge is 0.315 e. The van der Waals surface area contributed by atoms with Crippen molar-refractivity contribution in [3.8, 4) is 28.9 Å². The summed E-state index contributed by atoms with van der Waals surface area (Å²) in [5, 5.41) is 42.0. The lowest BCUT2D eigenvalue weighted by atomic mass is 9.98. The highest BCUT2D eigenvalue weighted by atomic mass is 19.1. The molecule has 0 aliphatic carbocycles. The molecule has 0 bridgehead atoms. The topological polar surface area (TPSA) is 103 Å². The van der Waals surface area contributed by atoms with Crippen molar-refractivity contribution in [2.75, 3.05) is 0 Å². The van der Waals surface area contributed by atoms with Gasteiger partial charge in [0, 0.05) is 19.2 Å². The van der Waals surface area contributed by atoms with Crippen LogP contribution in [0.15, 0.2) is 60.7 Å². The van der Waals surface area contributed by atoms with Gasteiger partial charge >= 0.3 is 6.01 Å². The molecule has 4 rings (SSSR count). The van der Waals surface area contributed by atoms with Crippen LogP contribution >= 0.6 is 0 Å². The molecule has 0 aliphatic heterocycles. The van der Waals surface area contributed by atoms with Crippen molar-refractivity contribution in [2.45, 2.75) is 39.4 Å². The van der Waals surface area contributed by atoms with Gasteiger partial charge in [-0.25, -0.2) is 4.39 Å². The van der Waals surface area contributed by atoms with Crippen LogP contribution < -0.4 is 5.32 Å². The first-order valence-corrected chi connectivity index (χ1v) is 11.0. The van der Waals surface area contributed by atoms with E-state index in [1.165, 1.54) is 22.8 Å². The van der Waals surface area contributed by atoms with E-state index in [-0.39, 0.29) is 29.2 Å². The van der Waals surface area contributed by atoms with E-state index in [2.05, 4.69) is 15.5 Å². The second kappa shape index (κ2) is 9.93. The van der Waals surface area contributed by atoms with Gasteiger partial charge in [-0.3, -0.25) is 4.57 Å². The Morgan fingerprint density at radius 3 is 2.26 bits per heavy atom. The average molecular weight is 463 g/mol. The maximum atomic E-state index is 13.3. The third kappa shape index (κ3) is 5.18. The summed E-state index contributed by atoms with van der Waals surface area (Å²) in [6.45, 7) is 5.35. The van der Waals surface area contributed by atoms with E-state index < -0.39 is 0 Å². The van der Waals surface area contributed by atoms with Crippen LogP contribution in [-0.2, 0) is 19.6 Å². The Bertz CT molecular complexity index is 1290. The normalized spacial score (nSPS) is 11.3. The molecule has 176 valence electrons. The summed E-state index contributed by atoms with van der Waals surface area (Å²) < 4.78 is 14.8. The van der Waals surface area contributed by atoms with Crippen LogP contribution in [0.2, 0.25) is 0 Å². The van der Waals surface area contributed by atoms with Gasteiger partial charge in [0.1, 0.15) is 17.3 Å². The van der Waals surface area contributed by atoms with Crippen LogP contribution in [0.5, 0.6) is 17.5 Å². The van der Waals surface area contributed by atoms with E-state index in [0.29, 0.717) is 36.6 Å². The zero-order valence-corrected chi connectivity index (χ0v) is 19.0. The van der Waals surface area contributed by atoms with Crippen LogP contribution in [0, 0.1) is 5.82 Å². The van der Waals surface area contributed by atoms with E-state index in [1.807, 2.05) is 44.2 Å². The van der Waals surface area contributed by atoms with Crippen molar-refractivity contribution in [3.05, 3.63) is 88.7 Å². The minimum atomic E-state index is -0.269. The zero-order valence-electron chi connectivity index (χ0n) is 19.0. The molecule has 0 unspecified atom stereocenters. The molecule has 4 N–H and O–H groups in total. The molecule has 34 heavy (non-hydrogen) atoms. The molecule has 3 aromatic carbocycles. The van der Waals surface area contributed by atoms with Gasteiger partial charge in [0.05, 0.1) is 12.1 Å². The van der Waals surface area contributed by atoms with Gasteiger partial charge in [-0.1, -0.05) is 55.3 Å². The number of phenols is 2. The fourth-order valence-electron chi connectivity index (χ4n) is 3.82. The van der Waals surface area contributed by atoms with E-state index in [9.17, 15) is 19.7 Å². The SMILES string of the molecule is CC(C)c1cc(-c2nnc(O)n2Cc2ccc(CNCc3cccc(F)c3)cc2)c(O)cc1O. The first-order chi connectivity index (χ1) is 16.3. The lowest BCUT2D eigenvalue weighted by Crippen LogP contribution is -2.12. The third-order valence-corrected chi connectivity index (χ3v) is 5.65. The molecular weight excluding hydrogens is 435 g/mol. The lowest BCUT2D eigenvalue weighted by molar-refractivity contribution is 0.404. The van der Waals surface area contributed by atoms with Gasteiger partial charge in [-0.15, -0.1) is 5.10 Å². The molecule has 0 atom stereocenters. The van der Waals surface area contributed by atoms with Crippen LogP contribution in [0.3, 0.4) is 0 Å². The highest BCUT2D eigenvalue weighted by Crippen LogP contribution is 2.38. The van der Waals surface area contributed by atoms with Crippen molar-refractivity contribution in [3.63, 3.8) is 0 Å². The second-order valence-electron chi connectivity index (χ2n) is 8.54. The molecule has 0 saturated carbocycles. The maximum absolute atomic E-state index is 13.3. The van der Waals surface area contributed by atoms with Gasteiger partial charge in [0.25, 0.3) is 0 Å². The van der Waals surface area contributed by atoms with Crippen LogP contribution in [-0.4, -0.2) is 30.1 Å². The Balaban J connectivity index is 1.48. The molecule has 0 fully saturated rings. The van der Waals surface area contributed by atoms with E-state index in [4.69, 9.17) is 0 Å². The molecule has 0 saturated heterocycles. The van der Waals surface area contributed by atoms with Crippen molar-refractivity contribution >= 4 is 0 Å². The average Bonchev–Trinajstić information content (AvgIpc) is 3.15. The van der Waals surface area contributed by atoms with Crippen LogP contribution in [0.1, 0.15) is 42.0 Å². The number of aromatic nitrogens is 3. The highest BCUT2D eigenvalue weighted by molar-refractivity contribution is 5.68. The third-order valence-electron chi connectivity index (χ3n) is 5.65. The number of nitrogens with zero attached hydrogens (tertiary/aromatic N) is 3. The molecule has 1 aromatic heterocycles. The van der Waals surface area contributed by atoms with Gasteiger partial charge in [0.2, 0.25) is 0 Å². The second-order valence-corrected chi connectivity index (χ2v) is 8.54. The zero-order chi connectivity index (χ0) is 24.2. The molecule has 4 aromatic rings. The van der Waals surface area contributed by atoms with E-state index >= 15 is 0 Å². The number of phenolic OH excluding ortho intramolecular Hbond substituents is 2. The van der Waals surface area contributed by atoms with Crippen LogP contribution in [0.25, 0.3) is 11.4 Å². The number of hydrogen-bond acceptors (Lipinski definition) is 6. The molecule has 1 heterocycles. The molecular formula is C26H27FN4O3. The molecule has 7 nitrogen and oxygen atoms in total. The predicted octanol–water partition coefficient (Wildman–Crippen LogP) is 4.66. The Kier molecular flexibility index (Phi) is 6.79. The van der Waals surface area contributed by atoms with Crippen molar-refractivity contribution in [2.24, 2.45) is 0 Å². The van der Waals surface area contributed by atoms with Crippen molar-refractivity contribution in [1.82, 2.24) is 20.1 Å². The fourth-order valence-corrected chi connectivity index (χ4v) is 3.82. The summed E-state index contributed by atoms with van der Waals surface area (Å²) in [7, 11) is 0. The first-order valence-electron chi connectivity index (χ1n) is 11.0. The molecule has 8 heteroatoms. The first kappa shape index (κ1) is 23.3. The Hall–Kier alpha value is -3.91. The number of rotatable bonds is 8. The standard InChI is InChI=1S/C26H27FN4O3/c1-16(2)21-11-22(24(33)12-23(21)32)25-29-30-26(34)31(25)15-18-8-6-17(7-9-18)13-28-14-19-4-3-5-20(27)10-19/h3-12,16,28,32-33H,13-15H2,1-2H3,(H,30,34). The minimum Gasteiger partial charge on any atom is -0.508 e. The van der Waals surface area contributed by atoms with Gasteiger partial charge in [-0.2, -0.15) is 0 Å². The molecule has 0 aliphatic rings. The minimum absolute atomic E-state index is 0.00753. The number of hydrogen-bond donors (Lipinski definition) is 4. The molecule has 0 spiro atoms. The predicted molar refractivity (Wildman–Crippen MR) is 127 cm³/mol. The van der Waals surface area contributed by atoms with Gasteiger partial charge in [-0.05, 0) is 46.4 Å². The lowest BCUT2D eigenvalue weighted by Gasteiger charge is -2.14. The Morgan fingerprint density at radius 1 is 0.853 bits per heavy atom. The quantitative estimate of drug-likeness (QED) is 0.304. The van der Waals surface area contributed by atoms with E-state index in [1.54, 1.807) is 12.1 Å². The summed E-state index contributed by atoms with van der Waals surface area (Å²) in [6, 6.07) is 17.0. The maximum Gasteiger partial charge on any atom is 0.315 e. The number of nitrogens with one attached hydrogen (secondary N) is 1. The van der Waals surface area contributed by atoms with Crippen LogP contribution in [0.4, 0.5) is 4.39 Å². The summed E-state index contributed by atoms with van der Waals surface area (Å²) in [6.07, 6.45) is 0. The van der Waals surface area contributed by atoms with E-state index in [0.717, 1.165) is 16.7 Å². The number of aromatic hydroxyl groups is 3. The number of benzene rings is 3. The molecule has 0 radical (unpaired) electrons. The van der Waals surface area contributed by atoms with Crippen molar-refractivity contribution in [1.29, 1.82) is 0 Å². The van der Waals surface area contributed by atoms with Crippen molar-refractivity contribution < 1.29 is 19.7 Å². The highest BCUT2D eigenvalue weighted by Gasteiger charge is 2.20. The summed E-state index contributed by atoms with van der Waals surface area (Å²) in [5.41, 5.74) is 3.90. The Morgan fingerprint density at radius 2 is 1.56 bits per heavy atom. The summed E-state index contributed by atoms with van der Waals surface area (Å²) in [5.74, 6) is -0.0474. The van der Waals surface area contributed by atoms with Gasteiger partial charge < -0.3 is 20.6 Å². The van der Waals surface area contributed by atoms with Gasteiger partial charge in [0.15, 0.2) is 5.82 Å². The summed E-state index contributed by atoms with van der Waals surface area (Å²) in [4.78, 5) is 0. The largest absolute Gasteiger partial charge is 0.508 e. The summed E-state index contributed by atoms with van der Waals surface area (Å²) >= 11 is 0. The molecule has 0 amide bonds. The monoisotopic (exact) mass is 462 g/mol.